The Morgan fingerprint density at radius 2 is 1.88 bits per heavy atom. The number of sulfonamides is 1. The van der Waals surface area contributed by atoms with Crippen molar-refractivity contribution in [2.24, 2.45) is 5.14 Å². The molecule has 8 heteroatoms. The van der Waals surface area contributed by atoms with Crippen LogP contribution in [0.15, 0.2) is 47.5 Å². The molecule has 1 heterocycles. The van der Waals surface area contributed by atoms with E-state index in [-0.39, 0.29) is 10.8 Å². The maximum Gasteiger partial charge on any atom is 0.238 e. The second kappa shape index (κ2) is 9.30. The Balaban J connectivity index is 1.80. The Morgan fingerprint density at radius 1 is 1.15 bits per heavy atom. The average Bonchev–Trinajstić information content (AvgIpc) is 2.61. The summed E-state index contributed by atoms with van der Waals surface area (Å²) >= 11 is 0. The summed E-state index contributed by atoms with van der Waals surface area (Å²) in [5, 5.41) is 11.1. The van der Waals surface area contributed by atoms with Crippen LogP contribution in [-0.2, 0) is 21.2 Å². The lowest BCUT2D eigenvalue weighted by Crippen LogP contribution is -2.12. The van der Waals surface area contributed by atoms with Gasteiger partial charge in [0.1, 0.15) is 5.82 Å². The van der Waals surface area contributed by atoms with Crippen molar-refractivity contribution in [1.29, 1.82) is 0 Å². The Morgan fingerprint density at radius 3 is 2.46 bits per heavy atom. The van der Waals surface area contributed by atoms with Crippen molar-refractivity contribution in [3.8, 4) is 0 Å². The third-order valence-corrected chi connectivity index (χ3v) is 4.71. The molecule has 26 heavy (non-hydrogen) atoms. The number of anilines is 2. The van der Waals surface area contributed by atoms with Gasteiger partial charge in [-0.15, -0.1) is 0 Å². The first-order valence-electron chi connectivity index (χ1n) is 8.50. The van der Waals surface area contributed by atoms with E-state index in [1.807, 2.05) is 6.92 Å². The first kappa shape index (κ1) is 19.9. The van der Waals surface area contributed by atoms with Crippen LogP contribution in [0, 0.1) is 0 Å². The summed E-state index contributed by atoms with van der Waals surface area (Å²) in [7, 11) is -3.66. The quantitative estimate of drug-likeness (QED) is 0.622. The second-order valence-electron chi connectivity index (χ2n) is 5.95. The predicted octanol–water partition coefficient (Wildman–Crippen LogP) is 2.51. The van der Waals surface area contributed by atoms with Crippen LogP contribution in [0.4, 0.5) is 11.5 Å². The Kier molecular flexibility index (Phi) is 7.11. The van der Waals surface area contributed by atoms with Crippen LogP contribution in [0.3, 0.4) is 0 Å². The molecule has 140 valence electrons. The van der Waals surface area contributed by atoms with Gasteiger partial charge in [0, 0.05) is 13.0 Å². The number of benzene rings is 1. The Hall–Kier alpha value is -2.45. The lowest BCUT2D eigenvalue weighted by atomic mass is 10.1. The molecule has 0 saturated carbocycles. The summed E-state index contributed by atoms with van der Waals surface area (Å²) in [5.74, 6) is 0.704. The van der Waals surface area contributed by atoms with E-state index in [0.29, 0.717) is 30.9 Å². The van der Waals surface area contributed by atoms with E-state index in [1.54, 1.807) is 30.5 Å². The first-order chi connectivity index (χ1) is 12.4. The van der Waals surface area contributed by atoms with Gasteiger partial charge in [0.05, 0.1) is 16.8 Å². The monoisotopic (exact) mass is 376 g/mol. The van der Waals surface area contributed by atoms with Crippen molar-refractivity contribution in [3.05, 3.63) is 48.2 Å². The molecule has 0 saturated heterocycles. The molecule has 1 aromatic carbocycles. The fourth-order valence-electron chi connectivity index (χ4n) is 2.31. The van der Waals surface area contributed by atoms with Crippen molar-refractivity contribution >= 4 is 27.4 Å². The third kappa shape index (κ3) is 6.45. The summed E-state index contributed by atoms with van der Waals surface area (Å²) in [6.45, 7) is 2.69. The van der Waals surface area contributed by atoms with Crippen LogP contribution < -0.4 is 15.8 Å². The zero-order chi connectivity index (χ0) is 19.0. The summed E-state index contributed by atoms with van der Waals surface area (Å²) < 4.78 is 22.4. The molecule has 0 aliphatic carbocycles. The topological polar surface area (TPSA) is 114 Å². The van der Waals surface area contributed by atoms with Crippen LogP contribution in [0.25, 0.3) is 0 Å². The van der Waals surface area contributed by atoms with E-state index in [4.69, 9.17) is 5.14 Å². The second-order valence-corrected chi connectivity index (χ2v) is 7.51. The number of pyridine rings is 1. The van der Waals surface area contributed by atoms with E-state index in [2.05, 4.69) is 15.6 Å². The van der Waals surface area contributed by atoms with Crippen LogP contribution in [-0.4, -0.2) is 25.9 Å². The molecule has 1 amide bonds. The summed E-state index contributed by atoms with van der Waals surface area (Å²) in [5.41, 5.74) is 1.67. The smallest absolute Gasteiger partial charge is 0.238 e. The molecule has 2 rings (SSSR count). The fraction of sp³-hybridized carbons (Fsp3) is 0.333. The highest BCUT2D eigenvalue weighted by Gasteiger charge is 2.06. The van der Waals surface area contributed by atoms with Gasteiger partial charge in [-0.1, -0.05) is 25.5 Å². The summed E-state index contributed by atoms with van der Waals surface area (Å²) in [4.78, 5) is 16.0. The lowest BCUT2D eigenvalue weighted by molar-refractivity contribution is -0.116. The van der Waals surface area contributed by atoms with Crippen molar-refractivity contribution in [2.75, 3.05) is 17.2 Å². The number of hydrogen-bond acceptors (Lipinski definition) is 5. The largest absolute Gasteiger partial charge is 0.370 e. The van der Waals surface area contributed by atoms with Gasteiger partial charge in [-0.25, -0.2) is 18.5 Å². The van der Waals surface area contributed by atoms with Crippen LogP contribution >= 0.6 is 0 Å². The number of unbranched alkanes of at least 4 members (excludes halogenated alkanes) is 1. The van der Waals surface area contributed by atoms with Gasteiger partial charge >= 0.3 is 0 Å². The van der Waals surface area contributed by atoms with Crippen molar-refractivity contribution in [2.45, 2.75) is 37.5 Å². The van der Waals surface area contributed by atoms with Gasteiger partial charge < -0.3 is 10.6 Å². The number of carbonyl (C=O) groups is 1. The maximum atomic E-state index is 11.7. The zero-order valence-corrected chi connectivity index (χ0v) is 15.6. The Labute approximate surface area is 154 Å². The highest BCUT2D eigenvalue weighted by Crippen LogP contribution is 2.12. The van der Waals surface area contributed by atoms with Gasteiger partial charge in [0.2, 0.25) is 15.9 Å². The molecule has 0 unspecified atom stereocenters. The standard InChI is InChI=1S/C18H24N4O3S/c1-2-3-4-18(23)22-15-7-10-17(21-13-15)20-12-11-14-5-8-16(9-6-14)26(19,24)25/h5-10,13H,2-4,11-12H2,1H3,(H,20,21)(H,22,23)(H2,19,24,25). The number of nitrogens with one attached hydrogen (secondary N) is 2. The minimum atomic E-state index is -3.66. The molecule has 0 atom stereocenters. The van der Waals surface area contributed by atoms with E-state index in [9.17, 15) is 13.2 Å². The van der Waals surface area contributed by atoms with Gasteiger partial charge in [-0.2, -0.15) is 0 Å². The molecule has 0 radical (unpaired) electrons. The molecule has 2 aromatic rings. The third-order valence-electron chi connectivity index (χ3n) is 3.78. The summed E-state index contributed by atoms with van der Waals surface area (Å²) in [6, 6.07) is 10.1. The number of nitrogens with two attached hydrogens (primary N) is 1. The molecule has 1 aromatic heterocycles. The van der Waals surface area contributed by atoms with Crippen LogP contribution in [0.2, 0.25) is 0 Å². The summed E-state index contributed by atoms with van der Waals surface area (Å²) in [6.07, 6.45) is 4.70. The average molecular weight is 376 g/mol. The molecule has 0 fully saturated rings. The number of primary sulfonamides is 1. The maximum absolute atomic E-state index is 11.7. The predicted molar refractivity (Wildman–Crippen MR) is 102 cm³/mol. The van der Waals surface area contributed by atoms with Gasteiger partial charge in [-0.05, 0) is 42.7 Å². The molecule has 4 N–H and O–H groups in total. The lowest BCUT2D eigenvalue weighted by Gasteiger charge is -2.08. The number of hydrogen-bond donors (Lipinski definition) is 3. The number of carbonyl (C=O) groups excluding carboxylic acids is 1. The van der Waals surface area contributed by atoms with Crippen LogP contribution in [0.5, 0.6) is 0 Å². The highest BCUT2D eigenvalue weighted by molar-refractivity contribution is 7.89. The van der Waals surface area contributed by atoms with Gasteiger partial charge in [-0.3, -0.25) is 4.79 Å². The fourth-order valence-corrected chi connectivity index (χ4v) is 2.83. The number of rotatable bonds is 9. The SMILES string of the molecule is CCCCC(=O)Nc1ccc(NCCc2ccc(S(N)(=O)=O)cc2)nc1. The number of aromatic nitrogens is 1. The normalized spacial score (nSPS) is 11.2. The highest BCUT2D eigenvalue weighted by atomic mass is 32.2. The first-order valence-corrected chi connectivity index (χ1v) is 10.0. The molecule has 0 aliphatic heterocycles. The minimum absolute atomic E-state index is 0.00250. The van der Waals surface area contributed by atoms with Crippen molar-refractivity contribution < 1.29 is 13.2 Å². The molecule has 0 aliphatic rings. The van der Waals surface area contributed by atoms with Crippen LogP contribution in [0.1, 0.15) is 31.7 Å². The van der Waals surface area contributed by atoms with Gasteiger partial charge in [0.25, 0.3) is 0 Å². The molecule has 0 spiro atoms. The van der Waals surface area contributed by atoms with Gasteiger partial charge in [0.15, 0.2) is 0 Å². The van der Waals surface area contributed by atoms with Crippen molar-refractivity contribution in [1.82, 2.24) is 4.98 Å². The van der Waals surface area contributed by atoms with E-state index >= 15 is 0 Å². The zero-order valence-electron chi connectivity index (χ0n) is 14.7. The van der Waals surface area contributed by atoms with Crippen molar-refractivity contribution in [3.63, 3.8) is 0 Å². The molecule has 0 bridgehead atoms. The van der Waals surface area contributed by atoms with E-state index in [1.165, 1.54) is 12.1 Å². The molecular formula is C18H24N4O3S. The van der Waals surface area contributed by atoms with E-state index in [0.717, 1.165) is 18.4 Å². The molecular weight excluding hydrogens is 352 g/mol. The van der Waals surface area contributed by atoms with E-state index < -0.39 is 10.0 Å². The molecule has 7 nitrogen and oxygen atoms in total. The minimum Gasteiger partial charge on any atom is -0.370 e. The number of nitrogens with zero attached hydrogens (tertiary/aromatic N) is 1. The number of amides is 1. The Bertz CT molecular complexity index is 819.